The largest absolute Gasteiger partial charge is 0.573 e. The van der Waals surface area contributed by atoms with Gasteiger partial charge in [0, 0.05) is 5.56 Å². The third-order valence-electron chi connectivity index (χ3n) is 2.50. The Kier molecular flexibility index (Phi) is 6.09. The van der Waals surface area contributed by atoms with Crippen LogP contribution in [0.2, 0.25) is 0 Å². The third-order valence-corrected chi connectivity index (χ3v) is 2.75. The van der Waals surface area contributed by atoms with Crippen LogP contribution in [0.3, 0.4) is 0 Å². The molecule has 23 heavy (non-hydrogen) atoms. The highest BCUT2D eigenvalue weighted by Gasteiger charge is 2.42. The van der Waals surface area contributed by atoms with E-state index < -0.39 is 47.7 Å². The van der Waals surface area contributed by atoms with Crippen molar-refractivity contribution in [1.82, 2.24) is 4.98 Å². The molecule has 0 fully saturated rings. The maximum absolute atomic E-state index is 13.2. The summed E-state index contributed by atoms with van der Waals surface area (Å²) < 4.78 is 84.2. The van der Waals surface area contributed by atoms with Crippen LogP contribution in [0, 0.1) is 0 Å². The third kappa shape index (κ3) is 5.45. The number of hydrogen-bond acceptors (Lipinski definition) is 4. The van der Waals surface area contributed by atoms with E-state index in [2.05, 4.69) is 14.5 Å². The van der Waals surface area contributed by atoms with Crippen molar-refractivity contribution in [2.24, 2.45) is 0 Å². The van der Waals surface area contributed by atoms with Crippen molar-refractivity contribution in [2.75, 3.05) is 6.61 Å². The van der Waals surface area contributed by atoms with E-state index in [9.17, 15) is 31.1 Å². The van der Waals surface area contributed by atoms with Gasteiger partial charge in [-0.15, -0.1) is 24.8 Å². The van der Waals surface area contributed by atoms with Crippen molar-refractivity contribution in [3.63, 3.8) is 0 Å². The Hall–Kier alpha value is -1.71. The van der Waals surface area contributed by atoms with E-state index >= 15 is 0 Å². The minimum absolute atomic E-state index is 0.109. The molecule has 0 aliphatic rings. The fourth-order valence-electron chi connectivity index (χ4n) is 1.75. The van der Waals surface area contributed by atoms with Crippen LogP contribution in [0.15, 0.2) is 6.20 Å². The standard InChI is InChI=1S/C12H10ClF6NO3/c1-2-22-9(21)3-6-7(4-13)20-5-8(23-12(17,18)19)10(6)11(14,15)16/h5H,2-4H2,1H3. The Balaban J connectivity index is 3.48. The zero-order valence-electron chi connectivity index (χ0n) is 11.5. The molecule has 0 saturated carbocycles. The van der Waals surface area contributed by atoms with Crippen molar-refractivity contribution < 1.29 is 40.6 Å². The SMILES string of the molecule is CCOC(=O)Cc1c(CCl)ncc(OC(F)(F)F)c1C(F)(F)F. The Bertz CT molecular complexity index is 573. The summed E-state index contributed by atoms with van der Waals surface area (Å²) in [6, 6.07) is 0. The van der Waals surface area contributed by atoms with Crippen LogP contribution in [-0.2, 0) is 28.0 Å². The van der Waals surface area contributed by atoms with Crippen molar-refractivity contribution in [3.8, 4) is 5.75 Å². The van der Waals surface area contributed by atoms with Gasteiger partial charge < -0.3 is 9.47 Å². The average Bonchev–Trinajstić information content (AvgIpc) is 2.35. The number of carbonyl (C=O) groups excluding carboxylic acids is 1. The lowest BCUT2D eigenvalue weighted by Crippen LogP contribution is -2.23. The van der Waals surface area contributed by atoms with Gasteiger partial charge in [0.1, 0.15) is 5.56 Å². The molecule has 0 bridgehead atoms. The number of rotatable bonds is 5. The molecule has 0 unspecified atom stereocenters. The summed E-state index contributed by atoms with van der Waals surface area (Å²) in [7, 11) is 0. The van der Waals surface area contributed by atoms with Crippen molar-refractivity contribution in [2.45, 2.75) is 31.8 Å². The van der Waals surface area contributed by atoms with Crippen LogP contribution >= 0.6 is 11.6 Å². The number of carbonyl (C=O) groups is 1. The van der Waals surface area contributed by atoms with Crippen molar-refractivity contribution >= 4 is 17.6 Å². The molecule has 4 nitrogen and oxygen atoms in total. The number of aromatic nitrogens is 1. The zero-order valence-corrected chi connectivity index (χ0v) is 12.3. The van der Waals surface area contributed by atoms with Gasteiger partial charge >= 0.3 is 18.5 Å². The number of alkyl halides is 7. The minimum atomic E-state index is -5.36. The maximum Gasteiger partial charge on any atom is 0.573 e. The van der Waals surface area contributed by atoms with Gasteiger partial charge in [0.25, 0.3) is 0 Å². The van der Waals surface area contributed by atoms with Crippen LogP contribution in [0.25, 0.3) is 0 Å². The molecule has 0 amide bonds. The van der Waals surface area contributed by atoms with Gasteiger partial charge in [0.15, 0.2) is 5.75 Å². The van der Waals surface area contributed by atoms with Gasteiger partial charge in [-0.25, -0.2) is 0 Å². The van der Waals surface area contributed by atoms with Crippen molar-refractivity contribution in [3.05, 3.63) is 23.0 Å². The second-order valence-electron chi connectivity index (χ2n) is 4.08. The first-order valence-electron chi connectivity index (χ1n) is 6.04. The molecule has 1 rings (SSSR count). The van der Waals surface area contributed by atoms with Crippen LogP contribution in [0.1, 0.15) is 23.7 Å². The number of ether oxygens (including phenoxy) is 2. The van der Waals surface area contributed by atoms with Crippen LogP contribution in [0.4, 0.5) is 26.3 Å². The van der Waals surface area contributed by atoms with Crippen LogP contribution in [-0.4, -0.2) is 23.9 Å². The summed E-state index contributed by atoms with van der Waals surface area (Å²) in [5, 5.41) is 0. The first-order valence-corrected chi connectivity index (χ1v) is 6.58. The van der Waals surface area contributed by atoms with E-state index in [1.165, 1.54) is 6.92 Å². The normalized spacial score (nSPS) is 12.2. The molecule has 0 saturated heterocycles. The minimum Gasteiger partial charge on any atom is -0.466 e. The van der Waals surface area contributed by atoms with E-state index in [1.54, 1.807) is 0 Å². The first-order chi connectivity index (χ1) is 10.5. The summed E-state index contributed by atoms with van der Waals surface area (Å²) in [6.07, 6.45) is -11.2. The molecule has 0 aliphatic carbocycles. The lowest BCUT2D eigenvalue weighted by atomic mass is 10.0. The highest BCUT2D eigenvalue weighted by molar-refractivity contribution is 6.17. The van der Waals surface area contributed by atoms with Gasteiger partial charge in [0.2, 0.25) is 0 Å². The van der Waals surface area contributed by atoms with E-state index in [0.29, 0.717) is 0 Å². The summed E-state index contributed by atoms with van der Waals surface area (Å²) >= 11 is 5.46. The first kappa shape index (κ1) is 19.3. The van der Waals surface area contributed by atoms with Gasteiger partial charge in [-0.2, -0.15) is 13.2 Å². The number of halogens is 7. The second kappa shape index (κ2) is 7.24. The highest BCUT2D eigenvalue weighted by Crippen LogP contribution is 2.41. The summed E-state index contributed by atoms with van der Waals surface area (Å²) in [6.45, 7) is 1.31. The highest BCUT2D eigenvalue weighted by atomic mass is 35.5. The molecule has 0 N–H and O–H groups in total. The van der Waals surface area contributed by atoms with E-state index in [4.69, 9.17) is 11.6 Å². The molecule has 0 atom stereocenters. The topological polar surface area (TPSA) is 48.4 Å². The number of hydrogen-bond donors (Lipinski definition) is 0. The second-order valence-corrected chi connectivity index (χ2v) is 4.35. The lowest BCUT2D eigenvalue weighted by Gasteiger charge is -2.19. The van der Waals surface area contributed by atoms with Gasteiger partial charge in [-0.1, -0.05) is 0 Å². The number of nitrogens with zero attached hydrogens (tertiary/aromatic N) is 1. The smallest absolute Gasteiger partial charge is 0.466 e. The molecular formula is C12H10ClF6NO3. The number of esters is 1. The monoisotopic (exact) mass is 365 g/mol. The Labute approximate surface area is 131 Å². The summed E-state index contributed by atoms with van der Waals surface area (Å²) in [5.41, 5.74) is -2.96. The number of pyridine rings is 1. The molecule has 0 spiro atoms. The Morgan fingerprint density at radius 3 is 2.30 bits per heavy atom. The molecular weight excluding hydrogens is 356 g/mol. The fourth-order valence-corrected chi connectivity index (χ4v) is 1.98. The van der Waals surface area contributed by atoms with Crippen LogP contribution < -0.4 is 4.74 Å². The molecule has 1 aromatic rings. The molecule has 0 aromatic carbocycles. The fraction of sp³-hybridized carbons (Fsp3) is 0.500. The van der Waals surface area contributed by atoms with Crippen LogP contribution in [0.5, 0.6) is 5.75 Å². The molecule has 1 aromatic heterocycles. The predicted molar refractivity (Wildman–Crippen MR) is 65.8 cm³/mol. The Morgan fingerprint density at radius 2 is 1.87 bits per heavy atom. The van der Waals surface area contributed by atoms with E-state index in [0.717, 1.165) is 0 Å². The zero-order chi connectivity index (χ0) is 17.8. The quantitative estimate of drug-likeness (QED) is 0.452. The predicted octanol–water partition coefficient (Wildman–Crippen LogP) is 3.84. The van der Waals surface area contributed by atoms with Gasteiger partial charge in [0.05, 0.1) is 30.8 Å². The molecule has 1 heterocycles. The Morgan fingerprint density at radius 1 is 1.26 bits per heavy atom. The van der Waals surface area contributed by atoms with E-state index in [1.807, 2.05) is 0 Å². The van der Waals surface area contributed by atoms with E-state index in [-0.39, 0.29) is 18.5 Å². The molecule has 0 aliphatic heterocycles. The van der Waals surface area contributed by atoms with Gasteiger partial charge in [-0.3, -0.25) is 9.78 Å². The van der Waals surface area contributed by atoms with Crippen molar-refractivity contribution in [1.29, 1.82) is 0 Å². The summed E-state index contributed by atoms with van der Waals surface area (Å²) in [5.74, 6) is -3.15. The summed E-state index contributed by atoms with van der Waals surface area (Å²) in [4.78, 5) is 14.8. The molecule has 11 heteroatoms. The molecule has 0 radical (unpaired) electrons. The van der Waals surface area contributed by atoms with Gasteiger partial charge in [-0.05, 0) is 6.92 Å². The lowest BCUT2D eigenvalue weighted by molar-refractivity contribution is -0.276. The maximum atomic E-state index is 13.2. The molecule has 130 valence electrons. The average molecular weight is 366 g/mol.